The van der Waals surface area contributed by atoms with Crippen molar-refractivity contribution in [3.63, 3.8) is 0 Å². The van der Waals surface area contributed by atoms with Crippen LogP contribution in [0.15, 0.2) is 33.7 Å². The van der Waals surface area contributed by atoms with E-state index >= 15 is 0 Å². The van der Waals surface area contributed by atoms with Gasteiger partial charge in [0.1, 0.15) is 10.6 Å². The largest absolute Gasteiger partial charge is 0.360 e. The monoisotopic (exact) mass is 347 g/mol. The molecule has 0 saturated carbocycles. The fraction of sp³-hybridized carbons (Fsp3) is 0.471. The highest BCUT2D eigenvalue weighted by Gasteiger charge is 2.39. The van der Waals surface area contributed by atoms with E-state index in [1.165, 1.54) is 11.1 Å². The Morgan fingerprint density at radius 3 is 2.71 bits per heavy atom. The van der Waals surface area contributed by atoms with Crippen LogP contribution in [0.25, 0.3) is 0 Å². The van der Waals surface area contributed by atoms with Crippen LogP contribution in [0.2, 0.25) is 0 Å². The van der Waals surface area contributed by atoms with Crippen molar-refractivity contribution in [1.82, 2.24) is 14.4 Å². The van der Waals surface area contributed by atoms with Crippen LogP contribution in [0.4, 0.5) is 0 Å². The molecule has 0 aliphatic carbocycles. The quantitative estimate of drug-likeness (QED) is 0.830. The molecule has 128 valence electrons. The lowest BCUT2D eigenvalue weighted by atomic mass is 9.91. The average molecular weight is 347 g/mol. The molecule has 0 radical (unpaired) electrons. The van der Waals surface area contributed by atoms with E-state index in [-0.39, 0.29) is 10.9 Å². The van der Waals surface area contributed by atoms with Crippen molar-refractivity contribution < 1.29 is 12.9 Å². The van der Waals surface area contributed by atoms with E-state index in [2.05, 4.69) is 28.3 Å². The number of benzene rings is 1. The van der Waals surface area contributed by atoms with Crippen LogP contribution < -0.4 is 0 Å². The maximum absolute atomic E-state index is 13.1. The summed E-state index contributed by atoms with van der Waals surface area (Å²) in [4.78, 5) is 2.61. The molecule has 0 spiro atoms. The van der Waals surface area contributed by atoms with Crippen LogP contribution >= 0.6 is 0 Å². The molecule has 1 atom stereocenters. The van der Waals surface area contributed by atoms with E-state index in [9.17, 15) is 8.42 Å². The number of sulfonamides is 1. The lowest BCUT2D eigenvalue weighted by Crippen LogP contribution is -2.52. The Hall–Kier alpha value is -1.70. The van der Waals surface area contributed by atoms with E-state index in [0.29, 0.717) is 24.5 Å². The molecule has 0 bridgehead atoms. The van der Waals surface area contributed by atoms with E-state index < -0.39 is 10.0 Å². The van der Waals surface area contributed by atoms with Gasteiger partial charge in [-0.3, -0.25) is 4.90 Å². The molecule has 1 unspecified atom stereocenters. The Morgan fingerprint density at radius 2 is 1.96 bits per heavy atom. The average Bonchev–Trinajstić information content (AvgIpc) is 2.93. The summed E-state index contributed by atoms with van der Waals surface area (Å²) in [5.41, 5.74) is 3.01. The number of hydrogen-bond acceptors (Lipinski definition) is 5. The second-order valence-electron chi connectivity index (χ2n) is 6.52. The Kier molecular flexibility index (Phi) is 3.74. The van der Waals surface area contributed by atoms with Gasteiger partial charge >= 0.3 is 0 Å². The SMILES string of the molecule is Cc1noc(C)c1S(=O)(=O)N1CCN2CCc3ccccc3C2C1. The molecule has 2 aromatic rings. The maximum Gasteiger partial charge on any atom is 0.248 e. The lowest BCUT2D eigenvalue weighted by molar-refractivity contribution is 0.109. The molecule has 2 aliphatic rings. The van der Waals surface area contributed by atoms with E-state index in [4.69, 9.17) is 4.52 Å². The fourth-order valence-electron chi connectivity index (χ4n) is 3.90. The third kappa shape index (κ3) is 2.39. The molecule has 24 heavy (non-hydrogen) atoms. The zero-order valence-corrected chi connectivity index (χ0v) is 14.7. The van der Waals surface area contributed by atoms with Crippen LogP contribution in [0, 0.1) is 13.8 Å². The smallest absolute Gasteiger partial charge is 0.248 e. The lowest BCUT2D eigenvalue weighted by Gasteiger charge is -2.44. The molecule has 3 heterocycles. The minimum absolute atomic E-state index is 0.124. The Balaban J connectivity index is 1.69. The zero-order chi connectivity index (χ0) is 16.9. The summed E-state index contributed by atoms with van der Waals surface area (Å²) in [7, 11) is -3.58. The number of hydrogen-bond donors (Lipinski definition) is 0. The summed E-state index contributed by atoms with van der Waals surface area (Å²) in [5.74, 6) is 0.360. The third-order valence-electron chi connectivity index (χ3n) is 5.10. The summed E-state index contributed by atoms with van der Waals surface area (Å²) in [6, 6.07) is 8.48. The molecule has 2 aliphatic heterocycles. The van der Waals surface area contributed by atoms with Gasteiger partial charge in [0.2, 0.25) is 10.0 Å². The maximum atomic E-state index is 13.1. The first-order valence-corrected chi connectivity index (χ1v) is 9.67. The molecular weight excluding hydrogens is 326 g/mol. The Labute approximate surface area is 142 Å². The van der Waals surface area contributed by atoms with Crippen molar-refractivity contribution in [2.75, 3.05) is 26.2 Å². The molecule has 0 N–H and O–H groups in total. The van der Waals surface area contributed by atoms with Gasteiger partial charge in [-0.25, -0.2) is 8.42 Å². The molecule has 1 aromatic carbocycles. The van der Waals surface area contributed by atoms with Crippen molar-refractivity contribution in [1.29, 1.82) is 0 Å². The van der Waals surface area contributed by atoms with Crippen LogP contribution in [0.3, 0.4) is 0 Å². The van der Waals surface area contributed by atoms with Crippen molar-refractivity contribution in [2.45, 2.75) is 31.2 Å². The summed E-state index contributed by atoms with van der Waals surface area (Å²) in [6.45, 7) is 6.05. The van der Waals surface area contributed by atoms with Crippen LogP contribution in [0.5, 0.6) is 0 Å². The minimum atomic E-state index is -3.58. The standard InChI is InChI=1S/C17H21N3O3S/c1-12-17(13(2)23-18-12)24(21,22)20-10-9-19-8-7-14-5-3-4-6-15(14)16(19)11-20/h3-6,16H,7-11H2,1-2H3. The van der Waals surface area contributed by atoms with Gasteiger partial charge in [-0.2, -0.15) is 4.31 Å². The highest BCUT2D eigenvalue weighted by molar-refractivity contribution is 7.89. The molecule has 4 rings (SSSR count). The van der Waals surface area contributed by atoms with Crippen LogP contribution in [-0.2, 0) is 16.4 Å². The van der Waals surface area contributed by atoms with E-state index in [0.717, 1.165) is 19.5 Å². The highest BCUT2D eigenvalue weighted by Crippen LogP contribution is 2.35. The van der Waals surface area contributed by atoms with Crippen molar-refractivity contribution in [3.05, 3.63) is 46.8 Å². The predicted molar refractivity (Wildman–Crippen MR) is 89.2 cm³/mol. The van der Waals surface area contributed by atoms with Gasteiger partial charge < -0.3 is 4.52 Å². The molecular formula is C17H21N3O3S. The molecule has 7 heteroatoms. The minimum Gasteiger partial charge on any atom is -0.360 e. The van der Waals surface area contributed by atoms with Gasteiger partial charge in [0, 0.05) is 32.2 Å². The topological polar surface area (TPSA) is 66.7 Å². The van der Waals surface area contributed by atoms with Crippen LogP contribution in [-0.4, -0.2) is 49.0 Å². The van der Waals surface area contributed by atoms with E-state index in [1.807, 2.05) is 6.07 Å². The van der Waals surface area contributed by atoms with Crippen molar-refractivity contribution in [2.24, 2.45) is 0 Å². The molecule has 0 amide bonds. The number of rotatable bonds is 2. The van der Waals surface area contributed by atoms with Gasteiger partial charge in [0.25, 0.3) is 0 Å². The first-order chi connectivity index (χ1) is 11.5. The number of piperazine rings is 1. The first kappa shape index (κ1) is 15.8. The van der Waals surface area contributed by atoms with Crippen molar-refractivity contribution in [3.8, 4) is 0 Å². The van der Waals surface area contributed by atoms with Crippen LogP contribution in [0.1, 0.15) is 28.6 Å². The summed E-state index contributed by atoms with van der Waals surface area (Å²) in [5, 5.41) is 3.80. The highest BCUT2D eigenvalue weighted by atomic mass is 32.2. The van der Waals surface area contributed by atoms with Gasteiger partial charge in [-0.15, -0.1) is 0 Å². The first-order valence-electron chi connectivity index (χ1n) is 8.23. The number of fused-ring (bicyclic) bond motifs is 3. The Bertz CT molecular complexity index is 855. The third-order valence-corrected chi connectivity index (χ3v) is 7.21. The van der Waals surface area contributed by atoms with Gasteiger partial charge in [-0.05, 0) is 31.4 Å². The number of aromatic nitrogens is 1. The van der Waals surface area contributed by atoms with Gasteiger partial charge in [0.05, 0.1) is 0 Å². The molecule has 6 nitrogen and oxygen atoms in total. The summed E-state index contributed by atoms with van der Waals surface area (Å²) < 4.78 is 32.8. The second kappa shape index (κ2) is 5.68. The molecule has 1 fully saturated rings. The second-order valence-corrected chi connectivity index (χ2v) is 8.39. The fourth-order valence-corrected chi connectivity index (χ4v) is 5.63. The summed E-state index contributed by atoms with van der Waals surface area (Å²) in [6.07, 6.45) is 1.03. The van der Waals surface area contributed by atoms with Gasteiger partial charge in [-0.1, -0.05) is 29.4 Å². The summed E-state index contributed by atoms with van der Waals surface area (Å²) >= 11 is 0. The zero-order valence-electron chi connectivity index (χ0n) is 13.9. The van der Waals surface area contributed by atoms with E-state index in [1.54, 1.807) is 18.2 Å². The van der Waals surface area contributed by atoms with Crippen molar-refractivity contribution >= 4 is 10.0 Å². The number of aryl methyl sites for hydroxylation is 2. The predicted octanol–water partition coefficient (Wildman–Crippen LogP) is 1.90. The van der Waals surface area contributed by atoms with Gasteiger partial charge in [0.15, 0.2) is 5.76 Å². The molecule has 1 saturated heterocycles. The normalized spacial score (nSPS) is 22.2. The Morgan fingerprint density at radius 1 is 1.17 bits per heavy atom. The number of nitrogens with zero attached hydrogens (tertiary/aromatic N) is 3. The molecule has 1 aromatic heterocycles.